The van der Waals surface area contributed by atoms with Gasteiger partial charge < -0.3 is 4.74 Å². The Labute approximate surface area is 171 Å². The number of esters is 1. The van der Waals surface area contributed by atoms with Gasteiger partial charge >= 0.3 is 5.97 Å². The maximum Gasteiger partial charge on any atom is 0.340 e. The number of rotatable bonds is 9. The zero-order valence-corrected chi connectivity index (χ0v) is 18.1. The summed E-state index contributed by atoms with van der Waals surface area (Å²) in [6, 6.07) is 11.0. The van der Waals surface area contributed by atoms with Crippen LogP contribution in [0.15, 0.2) is 58.3 Å². The predicted octanol–water partition coefficient (Wildman–Crippen LogP) is 2.69. The van der Waals surface area contributed by atoms with Crippen molar-refractivity contribution in [3.05, 3.63) is 54.1 Å². The SMILES string of the molecule is CCOC(=O)c1ccccc1NS(=O)(=O)c1ccc(S(=O)(=O)N(CC)CC)cc1. The van der Waals surface area contributed by atoms with Gasteiger partial charge in [-0.15, -0.1) is 0 Å². The highest BCUT2D eigenvalue weighted by Crippen LogP contribution is 2.23. The highest BCUT2D eigenvalue weighted by atomic mass is 32.2. The second-order valence-corrected chi connectivity index (χ2v) is 9.55. The van der Waals surface area contributed by atoms with Crippen molar-refractivity contribution >= 4 is 31.7 Å². The van der Waals surface area contributed by atoms with E-state index in [0.717, 1.165) is 0 Å². The van der Waals surface area contributed by atoms with Crippen LogP contribution in [0.3, 0.4) is 0 Å². The average molecular weight is 441 g/mol. The Morgan fingerprint density at radius 1 is 0.897 bits per heavy atom. The standard InChI is InChI=1S/C19H24N2O6S2/c1-4-21(5-2)29(25,26)16-13-11-15(12-14-16)28(23,24)20-18-10-8-7-9-17(18)19(22)27-6-3/h7-14,20H,4-6H2,1-3H3. The van der Waals surface area contributed by atoms with Crippen LogP contribution in [-0.4, -0.2) is 46.8 Å². The van der Waals surface area contributed by atoms with Crippen LogP contribution in [0, 0.1) is 0 Å². The molecule has 0 saturated carbocycles. The molecule has 29 heavy (non-hydrogen) atoms. The minimum atomic E-state index is -4.04. The van der Waals surface area contributed by atoms with Gasteiger partial charge in [-0.3, -0.25) is 4.72 Å². The van der Waals surface area contributed by atoms with Crippen LogP contribution in [0.1, 0.15) is 31.1 Å². The Kier molecular flexibility index (Phi) is 7.39. The summed E-state index contributed by atoms with van der Waals surface area (Å²) < 4.78 is 59.1. The molecule has 0 aliphatic heterocycles. The molecule has 8 nitrogen and oxygen atoms in total. The summed E-state index contributed by atoms with van der Waals surface area (Å²) in [6.45, 7) is 5.88. The molecule has 0 unspecified atom stereocenters. The van der Waals surface area contributed by atoms with Crippen molar-refractivity contribution in [1.29, 1.82) is 0 Å². The zero-order valence-electron chi connectivity index (χ0n) is 16.5. The maximum atomic E-state index is 12.7. The van der Waals surface area contributed by atoms with E-state index >= 15 is 0 Å². The molecule has 1 N–H and O–H groups in total. The van der Waals surface area contributed by atoms with Gasteiger partial charge in [0.25, 0.3) is 10.0 Å². The highest BCUT2D eigenvalue weighted by Gasteiger charge is 2.23. The lowest BCUT2D eigenvalue weighted by Gasteiger charge is -2.18. The quantitative estimate of drug-likeness (QED) is 0.601. The smallest absolute Gasteiger partial charge is 0.340 e. The van der Waals surface area contributed by atoms with E-state index in [1.807, 2.05) is 0 Å². The van der Waals surface area contributed by atoms with Gasteiger partial charge in [-0.2, -0.15) is 4.31 Å². The minimum Gasteiger partial charge on any atom is -0.462 e. The Morgan fingerprint density at radius 2 is 1.45 bits per heavy atom. The van der Waals surface area contributed by atoms with Crippen molar-refractivity contribution in [3.8, 4) is 0 Å². The van der Waals surface area contributed by atoms with Crippen LogP contribution in [0.25, 0.3) is 0 Å². The molecule has 0 spiro atoms. The minimum absolute atomic E-state index is 0.00655. The van der Waals surface area contributed by atoms with E-state index in [1.165, 1.54) is 40.7 Å². The number of ether oxygens (including phenoxy) is 1. The summed E-state index contributed by atoms with van der Waals surface area (Å²) in [7, 11) is -7.73. The third kappa shape index (κ3) is 5.14. The van der Waals surface area contributed by atoms with Gasteiger partial charge in [0.2, 0.25) is 10.0 Å². The number of benzene rings is 2. The molecule has 0 amide bonds. The van der Waals surface area contributed by atoms with E-state index in [-0.39, 0.29) is 27.6 Å². The lowest BCUT2D eigenvalue weighted by atomic mass is 10.2. The fourth-order valence-corrected chi connectivity index (χ4v) is 5.20. The van der Waals surface area contributed by atoms with E-state index in [4.69, 9.17) is 4.74 Å². The number of hydrogen-bond acceptors (Lipinski definition) is 6. The summed E-state index contributed by atoms with van der Waals surface area (Å²) in [5.74, 6) is -0.647. The van der Waals surface area contributed by atoms with Gasteiger partial charge in [0, 0.05) is 13.1 Å². The van der Waals surface area contributed by atoms with E-state index < -0.39 is 26.0 Å². The van der Waals surface area contributed by atoms with Crippen LogP contribution < -0.4 is 4.72 Å². The summed E-state index contributed by atoms with van der Waals surface area (Å²) in [5, 5.41) is 0. The van der Waals surface area contributed by atoms with Crippen molar-refractivity contribution in [1.82, 2.24) is 4.31 Å². The van der Waals surface area contributed by atoms with Gasteiger partial charge in [-0.05, 0) is 43.3 Å². The molecule has 2 aromatic rings. The van der Waals surface area contributed by atoms with Gasteiger partial charge in [0.15, 0.2) is 0 Å². The van der Waals surface area contributed by atoms with Gasteiger partial charge in [0.05, 0.1) is 27.6 Å². The highest BCUT2D eigenvalue weighted by molar-refractivity contribution is 7.92. The lowest BCUT2D eigenvalue weighted by Crippen LogP contribution is -2.30. The molecule has 2 aromatic carbocycles. The van der Waals surface area contributed by atoms with Gasteiger partial charge in [0.1, 0.15) is 0 Å². The average Bonchev–Trinajstić information content (AvgIpc) is 2.69. The number of hydrogen-bond donors (Lipinski definition) is 1. The number of sulfonamides is 2. The molecule has 158 valence electrons. The number of carbonyl (C=O) groups excluding carboxylic acids is 1. The molecule has 0 heterocycles. The second-order valence-electron chi connectivity index (χ2n) is 5.93. The lowest BCUT2D eigenvalue weighted by molar-refractivity contribution is 0.0527. The number of anilines is 1. The third-order valence-electron chi connectivity index (χ3n) is 4.14. The molecule has 0 aliphatic carbocycles. The molecular weight excluding hydrogens is 416 g/mol. The zero-order chi connectivity index (χ0) is 21.7. The molecule has 0 saturated heterocycles. The molecule has 0 aliphatic rings. The van der Waals surface area contributed by atoms with Gasteiger partial charge in [-0.25, -0.2) is 21.6 Å². The Bertz CT molecular complexity index is 1060. The molecule has 0 radical (unpaired) electrons. The number of para-hydroxylation sites is 1. The van der Waals surface area contributed by atoms with Crippen molar-refractivity contribution in [2.75, 3.05) is 24.4 Å². The first-order chi connectivity index (χ1) is 13.7. The molecule has 0 fully saturated rings. The Morgan fingerprint density at radius 3 is 2.00 bits per heavy atom. The molecule has 0 aromatic heterocycles. The molecule has 10 heteroatoms. The summed E-state index contributed by atoms with van der Waals surface area (Å²) in [6.07, 6.45) is 0. The summed E-state index contributed by atoms with van der Waals surface area (Å²) in [4.78, 5) is 11.9. The van der Waals surface area contributed by atoms with Crippen LogP contribution in [0.5, 0.6) is 0 Å². The normalized spacial score (nSPS) is 12.0. The van der Waals surface area contributed by atoms with Crippen molar-refractivity contribution in [2.45, 2.75) is 30.6 Å². The van der Waals surface area contributed by atoms with Crippen LogP contribution in [0.4, 0.5) is 5.69 Å². The maximum absolute atomic E-state index is 12.7. The first-order valence-electron chi connectivity index (χ1n) is 9.06. The topological polar surface area (TPSA) is 110 Å². The van der Waals surface area contributed by atoms with Crippen molar-refractivity contribution < 1.29 is 26.4 Å². The van der Waals surface area contributed by atoms with Crippen molar-refractivity contribution in [3.63, 3.8) is 0 Å². The first-order valence-corrected chi connectivity index (χ1v) is 12.0. The van der Waals surface area contributed by atoms with Crippen LogP contribution >= 0.6 is 0 Å². The van der Waals surface area contributed by atoms with E-state index in [9.17, 15) is 21.6 Å². The molecule has 0 atom stereocenters. The van der Waals surface area contributed by atoms with E-state index in [1.54, 1.807) is 32.9 Å². The molecule has 2 rings (SSSR count). The Balaban J connectivity index is 2.33. The summed E-state index contributed by atoms with van der Waals surface area (Å²) in [5.41, 5.74) is 0.157. The fourth-order valence-electron chi connectivity index (χ4n) is 2.67. The second kappa shape index (κ2) is 9.38. The van der Waals surface area contributed by atoms with E-state index in [0.29, 0.717) is 13.1 Å². The molecular formula is C19H24N2O6S2. The number of nitrogens with one attached hydrogen (secondary N) is 1. The van der Waals surface area contributed by atoms with Crippen LogP contribution in [-0.2, 0) is 24.8 Å². The Hall–Kier alpha value is -2.43. The molecule has 0 bridgehead atoms. The third-order valence-corrected chi connectivity index (χ3v) is 7.59. The predicted molar refractivity (Wildman–Crippen MR) is 110 cm³/mol. The fraction of sp³-hybridized carbons (Fsp3) is 0.316. The van der Waals surface area contributed by atoms with Crippen LogP contribution in [0.2, 0.25) is 0 Å². The number of nitrogens with zero attached hydrogens (tertiary/aromatic N) is 1. The van der Waals surface area contributed by atoms with E-state index in [2.05, 4.69) is 4.72 Å². The van der Waals surface area contributed by atoms with Gasteiger partial charge in [-0.1, -0.05) is 26.0 Å². The largest absolute Gasteiger partial charge is 0.462 e. The number of carbonyl (C=O) groups is 1. The monoisotopic (exact) mass is 440 g/mol. The summed E-state index contributed by atoms with van der Waals surface area (Å²) >= 11 is 0. The van der Waals surface area contributed by atoms with Crippen molar-refractivity contribution in [2.24, 2.45) is 0 Å². The first kappa shape index (κ1) is 22.9.